The zero-order chi connectivity index (χ0) is 24.6. The van der Waals surface area contributed by atoms with Crippen molar-refractivity contribution in [1.82, 2.24) is 29.1 Å². The standard InChI is InChI=1S/C23H28N8O3S/c1-30-20-5-3-16(35(32,33)26-6-7-31-8-10-34-11-9-31)13-19(20)29-22(30)14-21-27-17-4-2-15(23(24)25)12-18(17)28-21/h2-5,12-13,26H,6-11,14H2,1H3,(H3,24,25)(H,27,28). The number of sulfonamides is 1. The summed E-state index contributed by atoms with van der Waals surface area (Å²) in [5.41, 5.74) is 9.22. The van der Waals surface area contributed by atoms with Gasteiger partial charge in [-0.15, -0.1) is 0 Å². The van der Waals surface area contributed by atoms with E-state index in [-0.39, 0.29) is 10.7 Å². The maximum atomic E-state index is 12.8. The third-order valence-electron chi connectivity index (χ3n) is 6.25. The summed E-state index contributed by atoms with van der Waals surface area (Å²) in [7, 11) is -1.75. The number of aryl methyl sites for hydroxylation is 1. The van der Waals surface area contributed by atoms with Gasteiger partial charge in [0.05, 0.1) is 46.6 Å². The van der Waals surface area contributed by atoms with Crippen molar-refractivity contribution in [3.8, 4) is 0 Å². The molecule has 1 saturated heterocycles. The molecule has 4 aromatic rings. The number of imidazole rings is 2. The smallest absolute Gasteiger partial charge is 0.240 e. The van der Waals surface area contributed by atoms with Crippen LogP contribution in [0.15, 0.2) is 41.3 Å². The number of aromatic nitrogens is 4. The highest BCUT2D eigenvalue weighted by Crippen LogP contribution is 2.22. The molecule has 2 aromatic carbocycles. The molecule has 0 spiro atoms. The second-order valence-electron chi connectivity index (χ2n) is 8.60. The molecule has 2 aromatic heterocycles. The molecule has 5 N–H and O–H groups in total. The number of amidine groups is 1. The average molecular weight is 497 g/mol. The summed E-state index contributed by atoms with van der Waals surface area (Å²) < 4.78 is 35.7. The lowest BCUT2D eigenvalue weighted by molar-refractivity contribution is 0.0390. The first-order valence-corrected chi connectivity index (χ1v) is 12.9. The molecule has 184 valence electrons. The van der Waals surface area contributed by atoms with Crippen LogP contribution in [-0.2, 0) is 28.2 Å². The number of hydrogen-bond acceptors (Lipinski definition) is 7. The first-order valence-electron chi connectivity index (χ1n) is 11.4. The number of H-pyrrole nitrogens is 1. The van der Waals surface area contributed by atoms with E-state index < -0.39 is 10.0 Å². The molecule has 12 heteroatoms. The number of rotatable bonds is 8. The van der Waals surface area contributed by atoms with Crippen LogP contribution in [0.5, 0.6) is 0 Å². The predicted octanol–water partition coefficient (Wildman–Crippen LogP) is 0.935. The van der Waals surface area contributed by atoms with Gasteiger partial charge in [-0.1, -0.05) is 0 Å². The minimum Gasteiger partial charge on any atom is -0.384 e. The molecule has 3 heterocycles. The van der Waals surface area contributed by atoms with Gasteiger partial charge in [0.1, 0.15) is 17.5 Å². The topological polar surface area (TPSA) is 155 Å². The highest BCUT2D eigenvalue weighted by molar-refractivity contribution is 7.89. The number of nitrogens with two attached hydrogens (primary N) is 1. The number of benzene rings is 2. The fraction of sp³-hybridized carbons (Fsp3) is 0.348. The van der Waals surface area contributed by atoms with Crippen LogP contribution >= 0.6 is 0 Å². The lowest BCUT2D eigenvalue weighted by atomic mass is 10.2. The number of nitrogens with one attached hydrogen (secondary N) is 3. The first kappa shape index (κ1) is 23.4. The molecule has 0 atom stereocenters. The van der Waals surface area contributed by atoms with E-state index in [0.717, 1.165) is 41.3 Å². The van der Waals surface area contributed by atoms with Crippen molar-refractivity contribution in [2.45, 2.75) is 11.3 Å². The number of morpholine rings is 1. The maximum absolute atomic E-state index is 12.8. The summed E-state index contributed by atoms with van der Waals surface area (Å²) in [6.07, 6.45) is 0.440. The summed E-state index contributed by atoms with van der Waals surface area (Å²) in [5.74, 6) is 1.47. The van der Waals surface area contributed by atoms with Gasteiger partial charge in [-0.2, -0.15) is 0 Å². The second kappa shape index (κ2) is 9.38. The van der Waals surface area contributed by atoms with Gasteiger partial charge in [0.25, 0.3) is 0 Å². The third kappa shape index (κ3) is 4.91. The minimum atomic E-state index is -3.65. The fourth-order valence-corrected chi connectivity index (χ4v) is 5.31. The largest absolute Gasteiger partial charge is 0.384 e. The van der Waals surface area contributed by atoms with Crippen LogP contribution in [0.2, 0.25) is 0 Å². The van der Waals surface area contributed by atoms with Crippen molar-refractivity contribution in [2.24, 2.45) is 12.8 Å². The van der Waals surface area contributed by atoms with Gasteiger partial charge >= 0.3 is 0 Å². The molecule has 0 radical (unpaired) electrons. The molecule has 1 aliphatic heterocycles. The molecule has 1 aliphatic rings. The van der Waals surface area contributed by atoms with E-state index in [1.54, 1.807) is 30.3 Å². The van der Waals surface area contributed by atoms with E-state index in [9.17, 15) is 8.42 Å². The van der Waals surface area contributed by atoms with Crippen LogP contribution in [0.1, 0.15) is 17.2 Å². The van der Waals surface area contributed by atoms with Crippen LogP contribution in [0.4, 0.5) is 0 Å². The molecule has 0 saturated carbocycles. The van der Waals surface area contributed by atoms with Gasteiger partial charge in [-0.25, -0.2) is 23.1 Å². The lowest BCUT2D eigenvalue weighted by Crippen LogP contribution is -2.41. The van der Waals surface area contributed by atoms with Crippen molar-refractivity contribution in [3.05, 3.63) is 53.6 Å². The van der Waals surface area contributed by atoms with Crippen LogP contribution in [0.25, 0.3) is 22.1 Å². The molecule has 0 unspecified atom stereocenters. The summed E-state index contributed by atoms with van der Waals surface area (Å²) in [6, 6.07) is 10.4. The van der Waals surface area contributed by atoms with Crippen molar-refractivity contribution in [2.75, 3.05) is 39.4 Å². The van der Waals surface area contributed by atoms with Gasteiger partial charge in [0.2, 0.25) is 10.0 Å². The van der Waals surface area contributed by atoms with E-state index in [2.05, 4.69) is 24.6 Å². The monoisotopic (exact) mass is 496 g/mol. The lowest BCUT2D eigenvalue weighted by Gasteiger charge is -2.26. The van der Waals surface area contributed by atoms with Crippen LogP contribution in [0, 0.1) is 5.41 Å². The van der Waals surface area contributed by atoms with Gasteiger partial charge in [-0.05, 0) is 36.4 Å². The Balaban J connectivity index is 1.33. The molecule has 1 fully saturated rings. The quantitative estimate of drug-likeness (QED) is 0.209. The van der Waals surface area contributed by atoms with E-state index in [1.165, 1.54) is 0 Å². The van der Waals surface area contributed by atoms with Crippen LogP contribution in [-0.4, -0.2) is 78.1 Å². The minimum absolute atomic E-state index is 0.000239. The molecule has 0 amide bonds. The normalized spacial score (nSPS) is 15.2. The molecule has 11 nitrogen and oxygen atoms in total. The number of aromatic amines is 1. The number of fused-ring (bicyclic) bond motifs is 2. The van der Waals surface area contributed by atoms with E-state index in [4.69, 9.17) is 15.9 Å². The Kier molecular flexibility index (Phi) is 6.28. The highest BCUT2D eigenvalue weighted by atomic mass is 32.2. The molecular formula is C23H28N8O3S. The summed E-state index contributed by atoms with van der Waals surface area (Å²) in [6.45, 7) is 3.97. The SMILES string of the molecule is Cn1c(Cc2nc3ccc(C(=N)N)cc3[nH]2)nc2cc(S(=O)(=O)NCCN3CCOCC3)ccc21. The average Bonchev–Trinajstić information content (AvgIpc) is 3.39. The zero-order valence-corrected chi connectivity index (χ0v) is 20.2. The maximum Gasteiger partial charge on any atom is 0.240 e. The van der Waals surface area contributed by atoms with Gasteiger partial charge in [-0.3, -0.25) is 10.3 Å². The Morgan fingerprint density at radius 1 is 1.17 bits per heavy atom. The van der Waals surface area contributed by atoms with E-state index in [0.29, 0.717) is 43.8 Å². The number of nitrogen functional groups attached to an aromatic ring is 1. The fourth-order valence-electron chi connectivity index (χ4n) is 4.26. The molecule has 0 aliphatic carbocycles. The molecule has 35 heavy (non-hydrogen) atoms. The van der Waals surface area contributed by atoms with Crippen molar-refractivity contribution < 1.29 is 13.2 Å². The molecular weight excluding hydrogens is 468 g/mol. The Bertz CT molecular complexity index is 1500. The number of hydrogen-bond donors (Lipinski definition) is 4. The summed E-state index contributed by atoms with van der Waals surface area (Å²) in [4.78, 5) is 14.9. The van der Waals surface area contributed by atoms with Crippen molar-refractivity contribution >= 4 is 37.9 Å². The Morgan fingerprint density at radius 2 is 1.97 bits per heavy atom. The number of ether oxygens (including phenoxy) is 1. The third-order valence-corrected chi connectivity index (χ3v) is 7.71. The molecule has 0 bridgehead atoms. The van der Waals surface area contributed by atoms with Crippen molar-refractivity contribution in [1.29, 1.82) is 5.41 Å². The Labute approximate surface area is 202 Å². The highest BCUT2D eigenvalue weighted by Gasteiger charge is 2.18. The van der Waals surface area contributed by atoms with Gasteiger partial charge in [0.15, 0.2) is 0 Å². The Morgan fingerprint density at radius 3 is 2.74 bits per heavy atom. The van der Waals surface area contributed by atoms with E-state index >= 15 is 0 Å². The van der Waals surface area contributed by atoms with E-state index in [1.807, 2.05) is 17.7 Å². The molecule has 5 rings (SSSR count). The van der Waals surface area contributed by atoms with Crippen molar-refractivity contribution in [3.63, 3.8) is 0 Å². The predicted molar refractivity (Wildman–Crippen MR) is 133 cm³/mol. The van der Waals surface area contributed by atoms with Gasteiger partial charge < -0.3 is 20.0 Å². The zero-order valence-electron chi connectivity index (χ0n) is 19.4. The number of nitrogens with zero attached hydrogens (tertiary/aromatic N) is 4. The van der Waals surface area contributed by atoms with Crippen LogP contribution < -0.4 is 10.5 Å². The Hall–Kier alpha value is -3.32. The van der Waals surface area contributed by atoms with Gasteiger partial charge in [0, 0.05) is 38.8 Å². The van der Waals surface area contributed by atoms with Crippen LogP contribution in [0.3, 0.4) is 0 Å². The summed E-state index contributed by atoms with van der Waals surface area (Å²) >= 11 is 0. The first-order chi connectivity index (χ1) is 16.8. The second-order valence-corrected chi connectivity index (χ2v) is 10.4. The summed E-state index contributed by atoms with van der Waals surface area (Å²) in [5, 5.41) is 7.61.